The van der Waals surface area contributed by atoms with Crippen LogP contribution in [0.15, 0.2) is 52.3 Å². The van der Waals surface area contributed by atoms with Crippen LogP contribution in [-0.4, -0.2) is 41.7 Å². The van der Waals surface area contributed by atoms with Gasteiger partial charge in [-0.1, -0.05) is 22.0 Å². The Morgan fingerprint density at radius 3 is 2.66 bits per heavy atom. The van der Waals surface area contributed by atoms with E-state index in [1.165, 1.54) is 0 Å². The Morgan fingerprint density at radius 2 is 1.94 bits per heavy atom. The molecule has 1 aliphatic carbocycles. The number of nitrogens with zero attached hydrogens (tertiary/aromatic N) is 1. The maximum atomic E-state index is 13.7. The summed E-state index contributed by atoms with van der Waals surface area (Å²) in [5, 5.41) is 0. The van der Waals surface area contributed by atoms with Crippen LogP contribution < -0.4 is 9.47 Å². The lowest BCUT2D eigenvalue weighted by molar-refractivity contribution is -0.135. The van der Waals surface area contributed by atoms with Gasteiger partial charge >= 0.3 is 0 Å². The highest BCUT2D eigenvalue weighted by Crippen LogP contribution is 2.48. The highest BCUT2D eigenvalue weighted by molar-refractivity contribution is 9.09. The van der Waals surface area contributed by atoms with Crippen LogP contribution in [0.5, 0.6) is 11.5 Å². The quantitative estimate of drug-likeness (QED) is 0.572. The minimum atomic E-state index is -0.591. The standard InChI is InChI=1S/C24H24BrNO6/c1-29-18-7-5-13(10-19(18)30-2)21-20-22(27)16-11-14(25)6-8-17(16)32-23(20)24(28)26(21)12-15-4-3-9-31-15/h3-5,7,9-10,14,16-17,21H,6,8,11-12H2,1-2H3. The fraction of sp³-hybridized carbons (Fsp3) is 0.417. The van der Waals surface area contributed by atoms with Gasteiger partial charge in [0.25, 0.3) is 5.91 Å². The zero-order chi connectivity index (χ0) is 22.4. The van der Waals surface area contributed by atoms with Crippen molar-refractivity contribution in [2.45, 2.75) is 42.8 Å². The van der Waals surface area contributed by atoms with E-state index in [0.717, 1.165) is 18.4 Å². The van der Waals surface area contributed by atoms with Crippen LogP contribution in [0.2, 0.25) is 0 Å². The van der Waals surface area contributed by atoms with Crippen LogP contribution >= 0.6 is 15.9 Å². The molecule has 0 radical (unpaired) electrons. The zero-order valence-corrected chi connectivity index (χ0v) is 19.5. The molecule has 4 unspecified atom stereocenters. The first-order valence-corrected chi connectivity index (χ1v) is 11.6. The average molecular weight is 502 g/mol. The fourth-order valence-electron chi connectivity index (χ4n) is 4.97. The van der Waals surface area contributed by atoms with Crippen molar-refractivity contribution in [2.75, 3.05) is 14.2 Å². The fourth-order valence-corrected chi connectivity index (χ4v) is 5.63. The van der Waals surface area contributed by atoms with Crippen molar-refractivity contribution < 1.29 is 28.2 Å². The number of hydrogen-bond donors (Lipinski definition) is 0. The molecule has 8 heteroatoms. The molecule has 5 rings (SSSR count). The SMILES string of the molecule is COc1ccc(C2C3=C(OC4CCC(Br)CC4C3=O)C(=O)N2Cc2ccco2)cc1OC. The molecular formula is C24H24BrNO6. The lowest BCUT2D eigenvalue weighted by atomic mass is 9.77. The summed E-state index contributed by atoms with van der Waals surface area (Å²) in [6.07, 6.45) is 3.68. The number of alkyl halides is 1. The predicted molar refractivity (Wildman–Crippen MR) is 119 cm³/mol. The van der Waals surface area contributed by atoms with Gasteiger partial charge in [0.05, 0.1) is 44.6 Å². The maximum Gasteiger partial charge on any atom is 0.290 e. The molecule has 32 heavy (non-hydrogen) atoms. The predicted octanol–water partition coefficient (Wildman–Crippen LogP) is 4.17. The van der Waals surface area contributed by atoms with Crippen molar-refractivity contribution in [1.29, 1.82) is 0 Å². The van der Waals surface area contributed by atoms with Gasteiger partial charge in [0.2, 0.25) is 0 Å². The molecule has 0 spiro atoms. The van der Waals surface area contributed by atoms with Crippen molar-refractivity contribution in [3.8, 4) is 11.5 Å². The summed E-state index contributed by atoms with van der Waals surface area (Å²) in [6, 6.07) is 8.46. The second-order valence-electron chi connectivity index (χ2n) is 8.31. The van der Waals surface area contributed by atoms with Crippen LogP contribution in [0.25, 0.3) is 0 Å². The first kappa shape index (κ1) is 21.1. The number of ketones is 1. The molecule has 0 N–H and O–H groups in total. The number of benzene rings is 1. The lowest BCUT2D eigenvalue weighted by Crippen LogP contribution is -2.41. The molecule has 3 heterocycles. The third-order valence-corrected chi connectivity index (χ3v) is 7.34. The molecule has 0 bridgehead atoms. The zero-order valence-electron chi connectivity index (χ0n) is 17.9. The van der Waals surface area contributed by atoms with Crippen molar-refractivity contribution in [3.63, 3.8) is 0 Å². The van der Waals surface area contributed by atoms with Crippen LogP contribution in [0.4, 0.5) is 0 Å². The van der Waals surface area contributed by atoms with Crippen molar-refractivity contribution >= 4 is 27.6 Å². The molecule has 0 saturated heterocycles. The second kappa shape index (κ2) is 8.31. The van der Waals surface area contributed by atoms with Crippen LogP contribution in [0.3, 0.4) is 0 Å². The van der Waals surface area contributed by atoms with E-state index < -0.39 is 6.04 Å². The van der Waals surface area contributed by atoms with Gasteiger partial charge in [-0.2, -0.15) is 0 Å². The number of ether oxygens (including phenoxy) is 3. The van der Waals surface area contributed by atoms with Crippen molar-refractivity contribution in [1.82, 2.24) is 4.90 Å². The number of carbonyl (C=O) groups excluding carboxylic acids is 2. The second-order valence-corrected chi connectivity index (χ2v) is 9.60. The Morgan fingerprint density at radius 1 is 1.12 bits per heavy atom. The van der Waals surface area contributed by atoms with Gasteiger partial charge in [0.15, 0.2) is 23.0 Å². The number of halogens is 1. The number of Topliss-reactive ketones (excluding diaryl/α,β-unsaturated/α-hetero) is 1. The van der Waals surface area contributed by atoms with E-state index >= 15 is 0 Å². The molecule has 168 valence electrons. The van der Waals surface area contributed by atoms with Crippen LogP contribution in [0, 0.1) is 5.92 Å². The van der Waals surface area contributed by atoms with Gasteiger partial charge in [0.1, 0.15) is 11.9 Å². The number of fused-ring (bicyclic) bond motifs is 1. The molecule has 4 atom stereocenters. The molecule has 2 aromatic rings. The Labute approximate surface area is 194 Å². The van der Waals surface area contributed by atoms with E-state index in [0.29, 0.717) is 29.3 Å². The topological polar surface area (TPSA) is 78.2 Å². The van der Waals surface area contributed by atoms with E-state index in [9.17, 15) is 9.59 Å². The summed E-state index contributed by atoms with van der Waals surface area (Å²) >= 11 is 3.66. The molecule has 7 nitrogen and oxygen atoms in total. The highest BCUT2D eigenvalue weighted by Gasteiger charge is 2.52. The van der Waals surface area contributed by atoms with Crippen molar-refractivity contribution in [2.24, 2.45) is 5.92 Å². The van der Waals surface area contributed by atoms with Gasteiger partial charge < -0.3 is 23.5 Å². The van der Waals surface area contributed by atoms with E-state index in [-0.39, 0.29) is 40.8 Å². The first-order valence-electron chi connectivity index (χ1n) is 10.7. The molecular weight excluding hydrogens is 478 g/mol. The number of rotatable bonds is 5. The monoisotopic (exact) mass is 501 g/mol. The summed E-state index contributed by atoms with van der Waals surface area (Å²) in [5.41, 5.74) is 1.19. The van der Waals surface area contributed by atoms with Gasteiger partial charge in [-0.05, 0) is 49.1 Å². The van der Waals surface area contributed by atoms with E-state index in [1.807, 2.05) is 18.2 Å². The molecule has 1 aromatic carbocycles. The van der Waals surface area contributed by atoms with Crippen LogP contribution in [0.1, 0.15) is 36.6 Å². The Hall–Kier alpha value is -2.74. The summed E-state index contributed by atoms with van der Waals surface area (Å²) < 4.78 is 22.6. The Bertz CT molecular complexity index is 1080. The number of methoxy groups -OCH3 is 2. The van der Waals surface area contributed by atoms with E-state index in [2.05, 4.69) is 15.9 Å². The number of hydrogen-bond acceptors (Lipinski definition) is 6. The summed E-state index contributed by atoms with van der Waals surface area (Å²) in [6.45, 7) is 0.227. The number of amides is 1. The molecule has 3 aliphatic rings. The molecule has 1 saturated carbocycles. The number of furan rings is 1. The van der Waals surface area contributed by atoms with E-state index in [1.54, 1.807) is 37.5 Å². The normalized spacial score (nSPS) is 27.2. The summed E-state index contributed by atoms with van der Waals surface area (Å²) in [4.78, 5) is 29.1. The lowest BCUT2D eigenvalue weighted by Gasteiger charge is -2.37. The highest BCUT2D eigenvalue weighted by atomic mass is 79.9. The maximum absolute atomic E-state index is 13.7. The van der Waals surface area contributed by atoms with Gasteiger partial charge in [-0.25, -0.2) is 0 Å². The Balaban J connectivity index is 1.60. The molecule has 1 aromatic heterocycles. The van der Waals surface area contributed by atoms with E-state index in [4.69, 9.17) is 18.6 Å². The minimum Gasteiger partial charge on any atom is -0.493 e. The van der Waals surface area contributed by atoms with Gasteiger partial charge in [-0.3, -0.25) is 9.59 Å². The minimum absolute atomic E-state index is 0.00419. The van der Waals surface area contributed by atoms with Crippen molar-refractivity contribution in [3.05, 3.63) is 59.3 Å². The van der Waals surface area contributed by atoms with Crippen LogP contribution in [-0.2, 0) is 20.9 Å². The third kappa shape index (κ3) is 3.41. The van der Waals surface area contributed by atoms with Gasteiger partial charge in [0, 0.05) is 4.83 Å². The third-order valence-electron chi connectivity index (χ3n) is 6.51. The van der Waals surface area contributed by atoms with Gasteiger partial charge in [-0.15, -0.1) is 0 Å². The molecule has 2 aliphatic heterocycles. The first-order chi connectivity index (χ1) is 15.5. The molecule has 1 fully saturated rings. The Kier molecular flexibility index (Phi) is 5.49. The average Bonchev–Trinajstić information content (AvgIpc) is 3.41. The summed E-state index contributed by atoms with van der Waals surface area (Å²) in [5.74, 6) is 1.37. The summed E-state index contributed by atoms with van der Waals surface area (Å²) in [7, 11) is 3.13. The smallest absolute Gasteiger partial charge is 0.290 e. The number of carbonyl (C=O) groups is 2. The largest absolute Gasteiger partial charge is 0.493 e. The molecule has 1 amide bonds.